The topological polar surface area (TPSA) is 24.5 Å². The number of hydrogen-bond donors (Lipinski definition) is 1. The normalized spacial score (nSPS) is 45.3. The molecule has 1 aliphatic heterocycles. The van der Waals surface area contributed by atoms with Gasteiger partial charge in [0.2, 0.25) is 0 Å². The Balaban J connectivity index is 1.67. The van der Waals surface area contributed by atoms with Crippen LogP contribution in [0.1, 0.15) is 52.4 Å². The summed E-state index contributed by atoms with van der Waals surface area (Å²) in [5.74, 6) is 0.921. The minimum Gasteiger partial charge on any atom is -0.381 e. The molecule has 0 spiro atoms. The molecule has 3 aliphatic rings. The standard InChI is InChI=1S/C16H30N2O/c1-12-10-17-16(2,13-7-8-13)11-18(12)14-5-4-6-15(9-14)19-3/h12-15,17H,4-11H2,1-3H3. The van der Waals surface area contributed by atoms with E-state index in [0.29, 0.717) is 17.7 Å². The Morgan fingerprint density at radius 1 is 1.21 bits per heavy atom. The van der Waals surface area contributed by atoms with Crippen molar-refractivity contribution in [1.29, 1.82) is 0 Å². The molecule has 3 rings (SSSR count). The van der Waals surface area contributed by atoms with Crippen LogP contribution in [0.25, 0.3) is 0 Å². The molecular formula is C16H30N2O. The third-order valence-electron chi connectivity index (χ3n) is 5.76. The van der Waals surface area contributed by atoms with Crippen molar-refractivity contribution in [3.63, 3.8) is 0 Å². The number of nitrogens with zero attached hydrogens (tertiary/aromatic N) is 1. The second-order valence-corrected chi connectivity index (χ2v) is 7.27. The molecule has 19 heavy (non-hydrogen) atoms. The number of hydrogen-bond acceptors (Lipinski definition) is 3. The molecule has 4 unspecified atom stereocenters. The first-order valence-corrected chi connectivity index (χ1v) is 8.16. The SMILES string of the molecule is COC1CCCC(N2CC(C)(C3CC3)NCC2C)C1. The average Bonchev–Trinajstić information content (AvgIpc) is 3.27. The van der Waals surface area contributed by atoms with E-state index in [9.17, 15) is 0 Å². The van der Waals surface area contributed by atoms with Crippen LogP contribution in [0.2, 0.25) is 0 Å². The lowest BCUT2D eigenvalue weighted by molar-refractivity contribution is -0.0122. The maximum Gasteiger partial charge on any atom is 0.0586 e. The molecule has 0 aromatic carbocycles. The van der Waals surface area contributed by atoms with Crippen LogP contribution in [-0.4, -0.2) is 48.8 Å². The highest BCUT2D eigenvalue weighted by Gasteiger charge is 2.46. The van der Waals surface area contributed by atoms with Crippen LogP contribution in [0.4, 0.5) is 0 Å². The molecule has 0 aromatic rings. The van der Waals surface area contributed by atoms with Gasteiger partial charge in [0.15, 0.2) is 0 Å². The molecule has 0 amide bonds. The van der Waals surface area contributed by atoms with Crippen molar-refractivity contribution >= 4 is 0 Å². The Labute approximate surface area is 118 Å². The van der Waals surface area contributed by atoms with E-state index in [-0.39, 0.29) is 0 Å². The zero-order chi connectivity index (χ0) is 13.5. The summed E-state index contributed by atoms with van der Waals surface area (Å²) in [6.07, 6.45) is 8.54. The Morgan fingerprint density at radius 2 is 2.00 bits per heavy atom. The van der Waals surface area contributed by atoms with Gasteiger partial charge in [-0.25, -0.2) is 0 Å². The van der Waals surface area contributed by atoms with Crippen molar-refractivity contribution in [1.82, 2.24) is 10.2 Å². The van der Waals surface area contributed by atoms with Crippen LogP contribution in [-0.2, 0) is 4.74 Å². The van der Waals surface area contributed by atoms with Gasteiger partial charge >= 0.3 is 0 Å². The van der Waals surface area contributed by atoms with Crippen LogP contribution < -0.4 is 5.32 Å². The van der Waals surface area contributed by atoms with Gasteiger partial charge in [0.1, 0.15) is 0 Å². The Kier molecular flexibility index (Phi) is 3.89. The molecular weight excluding hydrogens is 236 g/mol. The molecule has 1 saturated heterocycles. The van der Waals surface area contributed by atoms with Gasteiger partial charge in [-0.15, -0.1) is 0 Å². The molecule has 3 nitrogen and oxygen atoms in total. The zero-order valence-corrected chi connectivity index (χ0v) is 12.8. The quantitative estimate of drug-likeness (QED) is 0.849. The van der Waals surface area contributed by atoms with Crippen molar-refractivity contribution in [2.75, 3.05) is 20.2 Å². The van der Waals surface area contributed by atoms with Gasteiger partial charge in [-0.2, -0.15) is 0 Å². The van der Waals surface area contributed by atoms with Crippen molar-refractivity contribution in [3.05, 3.63) is 0 Å². The molecule has 0 radical (unpaired) electrons. The molecule has 1 N–H and O–H groups in total. The van der Waals surface area contributed by atoms with Gasteiger partial charge in [0.05, 0.1) is 6.10 Å². The van der Waals surface area contributed by atoms with Crippen LogP contribution in [0.5, 0.6) is 0 Å². The second-order valence-electron chi connectivity index (χ2n) is 7.27. The van der Waals surface area contributed by atoms with E-state index in [1.54, 1.807) is 0 Å². The molecule has 3 heteroatoms. The Morgan fingerprint density at radius 3 is 2.68 bits per heavy atom. The molecule has 4 atom stereocenters. The van der Waals surface area contributed by atoms with Gasteiger partial charge in [-0.1, -0.05) is 0 Å². The van der Waals surface area contributed by atoms with E-state index < -0.39 is 0 Å². The van der Waals surface area contributed by atoms with Crippen LogP contribution in [0.15, 0.2) is 0 Å². The van der Waals surface area contributed by atoms with E-state index in [1.807, 2.05) is 7.11 Å². The van der Waals surface area contributed by atoms with Crippen LogP contribution in [0, 0.1) is 5.92 Å². The maximum absolute atomic E-state index is 5.62. The van der Waals surface area contributed by atoms with E-state index >= 15 is 0 Å². The second kappa shape index (κ2) is 5.34. The minimum absolute atomic E-state index is 0.368. The molecule has 0 aromatic heterocycles. The molecule has 2 saturated carbocycles. The zero-order valence-electron chi connectivity index (χ0n) is 12.8. The van der Waals surface area contributed by atoms with E-state index in [4.69, 9.17) is 4.74 Å². The lowest BCUT2D eigenvalue weighted by Crippen LogP contribution is -2.65. The number of piperazine rings is 1. The number of ether oxygens (including phenoxy) is 1. The number of methoxy groups -OCH3 is 1. The fourth-order valence-electron chi connectivity index (χ4n) is 4.21. The molecule has 2 aliphatic carbocycles. The third-order valence-corrected chi connectivity index (χ3v) is 5.76. The van der Waals surface area contributed by atoms with Crippen molar-refractivity contribution in [3.8, 4) is 0 Å². The first-order chi connectivity index (χ1) is 9.12. The summed E-state index contributed by atoms with van der Waals surface area (Å²) in [5, 5.41) is 3.83. The van der Waals surface area contributed by atoms with Gasteiger partial charge in [0.25, 0.3) is 0 Å². The fourth-order valence-corrected chi connectivity index (χ4v) is 4.21. The highest BCUT2D eigenvalue weighted by atomic mass is 16.5. The predicted molar refractivity (Wildman–Crippen MR) is 78.4 cm³/mol. The van der Waals surface area contributed by atoms with Gasteiger partial charge in [-0.05, 0) is 58.3 Å². The van der Waals surface area contributed by atoms with E-state index in [2.05, 4.69) is 24.1 Å². The van der Waals surface area contributed by atoms with Crippen LogP contribution in [0.3, 0.4) is 0 Å². The molecule has 0 bridgehead atoms. The summed E-state index contributed by atoms with van der Waals surface area (Å²) in [6.45, 7) is 7.22. The fraction of sp³-hybridized carbons (Fsp3) is 1.00. The minimum atomic E-state index is 0.368. The summed E-state index contributed by atoms with van der Waals surface area (Å²) in [7, 11) is 1.88. The van der Waals surface area contributed by atoms with Crippen molar-refractivity contribution < 1.29 is 4.74 Å². The van der Waals surface area contributed by atoms with Gasteiger partial charge < -0.3 is 10.1 Å². The number of nitrogens with one attached hydrogen (secondary N) is 1. The lowest BCUT2D eigenvalue weighted by atomic mass is 9.86. The first kappa shape index (κ1) is 13.8. The van der Waals surface area contributed by atoms with E-state index in [0.717, 1.165) is 18.5 Å². The molecule has 1 heterocycles. The van der Waals surface area contributed by atoms with Crippen molar-refractivity contribution in [2.45, 2.75) is 76.1 Å². The van der Waals surface area contributed by atoms with E-state index in [1.165, 1.54) is 45.1 Å². The average molecular weight is 266 g/mol. The predicted octanol–water partition coefficient (Wildman–Crippen LogP) is 2.41. The highest BCUT2D eigenvalue weighted by Crippen LogP contribution is 2.42. The van der Waals surface area contributed by atoms with Crippen molar-refractivity contribution in [2.24, 2.45) is 5.92 Å². The summed E-state index contributed by atoms with van der Waals surface area (Å²) in [5.41, 5.74) is 0.368. The Hall–Kier alpha value is -0.120. The first-order valence-electron chi connectivity index (χ1n) is 8.16. The summed E-state index contributed by atoms with van der Waals surface area (Å²) in [6, 6.07) is 1.42. The monoisotopic (exact) mass is 266 g/mol. The highest BCUT2D eigenvalue weighted by molar-refractivity contribution is 5.05. The summed E-state index contributed by atoms with van der Waals surface area (Å²) < 4.78 is 5.62. The molecule has 3 fully saturated rings. The van der Waals surface area contributed by atoms with Gasteiger partial charge in [-0.3, -0.25) is 4.90 Å². The molecule has 110 valence electrons. The Bertz CT molecular complexity index is 318. The van der Waals surface area contributed by atoms with Crippen LogP contribution >= 0.6 is 0 Å². The summed E-state index contributed by atoms with van der Waals surface area (Å²) >= 11 is 0. The van der Waals surface area contributed by atoms with Gasteiger partial charge in [0, 0.05) is 37.8 Å². The maximum atomic E-state index is 5.62. The largest absolute Gasteiger partial charge is 0.381 e. The lowest BCUT2D eigenvalue weighted by Gasteiger charge is -2.50. The smallest absolute Gasteiger partial charge is 0.0586 e. The third kappa shape index (κ3) is 2.84. The number of rotatable bonds is 3. The summed E-state index contributed by atoms with van der Waals surface area (Å²) in [4.78, 5) is 2.79.